The first kappa shape index (κ1) is 18.2. The summed E-state index contributed by atoms with van der Waals surface area (Å²) in [6.07, 6.45) is 0. The maximum absolute atomic E-state index is 13.7. The number of carbonyl (C=O) groups is 2. The first-order valence-corrected chi connectivity index (χ1v) is 9.82. The highest BCUT2D eigenvalue weighted by atomic mass is 16.6. The van der Waals surface area contributed by atoms with Gasteiger partial charge in [-0.1, -0.05) is 66.7 Å². The Labute approximate surface area is 174 Å². The monoisotopic (exact) mass is 400 g/mol. The van der Waals surface area contributed by atoms with Crippen LogP contribution in [-0.4, -0.2) is 30.1 Å². The summed E-state index contributed by atoms with van der Waals surface area (Å²) in [4.78, 5) is 28.0. The normalized spacial score (nSPS) is 17.0. The molecule has 0 atom stereocenters. The second-order valence-corrected chi connectivity index (χ2v) is 7.28. The van der Waals surface area contributed by atoms with Gasteiger partial charge in [0, 0.05) is 0 Å². The number of imide groups is 1. The van der Waals surface area contributed by atoms with Gasteiger partial charge in [0.25, 0.3) is 5.91 Å². The van der Waals surface area contributed by atoms with E-state index in [0.717, 1.165) is 16.7 Å². The fourth-order valence-electron chi connectivity index (χ4n) is 4.02. The van der Waals surface area contributed by atoms with Gasteiger partial charge in [0.15, 0.2) is 17.0 Å². The van der Waals surface area contributed by atoms with Crippen LogP contribution in [0.25, 0.3) is 0 Å². The van der Waals surface area contributed by atoms with Crippen LogP contribution in [0.1, 0.15) is 16.7 Å². The number of urea groups is 1. The van der Waals surface area contributed by atoms with E-state index in [0.29, 0.717) is 24.7 Å². The number of nitrogens with zero attached hydrogens (tertiary/aromatic N) is 1. The van der Waals surface area contributed by atoms with Crippen LogP contribution in [0.15, 0.2) is 78.9 Å². The molecular formula is C24H20N2O4. The number of nitrogens with one attached hydrogen (secondary N) is 1. The van der Waals surface area contributed by atoms with Gasteiger partial charge in [0.05, 0.1) is 6.54 Å². The van der Waals surface area contributed by atoms with Crippen LogP contribution >= 0.6 is 0 Å². The number of rotatable bonds is 4. The molecule has 1 saturated heterocycles. The number of benzene rings is 3. The quantitative estimate of drug-likeness (QED) is 0.681. The van der Waals surface area contributed by atoms with E-state index < -0.39 is 11.6 Å². The lowest BCUT2D eigenvalue weighted by Gasteiger charge is -2.28. The van der Waals surface area contributed by atoms with Crippen molar-refractivity contribution in [1.29, 1.82) is 0 Å². The molecule has 6 nitrogen and oxygen atoms in total. The van der Waals surface area contributed by atoms with Gasteiger partial charge in [0.2, 0.25) is 0 Å². The highest BCUT2D eigenvalue weighted by Gasteiger charge is 2.53. The van der Waals surface area contributed by atoms with E-state index in [4.69, 9.17) is 9.47 Å². The van der Waals surface area contributed by atoms with Crippen molar-refractivity contribution in [2.75, 3.05) is 13.2 Å². The third kappa shape index (κ3) is 2.88. The molecule has 2 aliphatic rings. The fraction of sp³-hybridized carbons (Fsp3) is 0.167. The van der Waals surface area contributed by atoms with E-state index in [1.807, 2.05) is 78.9 Å². The summed E-state index contributed by atoms with van der Waals surface area (Å²) in [6.45, 7) is 1.13. The molecule has 3 amide bonds. The van der Waals surface area contributed by atoms with E-state index in [-0.39, 0.29) is 12.5 Å². The van der Waals surface area contributed by atoms with Crippen LogP contribution in [0.2, 0.25) is 0 Å². The van der Waals surface area contributed by atoms with Gasteiger partial charge >= 0.3 is 6.03 Å². The van der Waals surface area contributed by atoms with Crippen LogP contribution in [0.5, 0.6) is 11.5 Å². The van der Waals surface area contributed by atoms with Crippen LogP contribution in [0, 0.1) is 0 Å². The average molecular weight is 400 g/mol. The maximum atomic E-state index is 13.7. The molecule has 30 heavy (non-hydrogen) atoms. The van der Waals surface area contributed by atoms with Crippen molar-refractivity contribution >= 4 is 11.9 Å². The molecule has 0 unspecified atom stereocenters. The van der Waals surface area contributed by atoms with Crippen molar-refractivity contribution in [2.45, 2.75) is 12.1 Å². The molecule has 0 bridgehead atoms. The first-order chi connectivity index (χ1) is 14.7. The molecule has 1 N–H and O–H groups in total. The van der Waals surface area contributed by atoms with Crippen molar-refractivity contribution in [3.05, 3.63) is 95.6 Å². The molecule has 2 aliphatic heterocycles. The van der Waals surface area contributed by atoms with Gasteiger partial charge in [-0.2, -0.15) is 0 Å². The largest absolute Gasteiger partial charge is 0.486 e. The topological polar surface area (TPSA) is 67.9 Å². The van der Waals surface area contributed by atoms with Gasteiger partial charge < -0.3 is 14.8 Å². The van der Waals surface area contributed by atoms with E-state index in [1.54, 1.807) is 0 Å². The van der Waals surface area contributed by atoms with Crippen LogP contribution in [-0.2, 0) is 16.9 Å². The molecule has 6 heteroatoms. The van der Waals surface area contributed by atoms with Gasteiger partial charge in [0.1, 0.15) is 13.2 Å². The van der Waals surface area contributed by atoms with Gasteiger partial charge in [-0.05, 0) is 28.8 Å². The minimum absolute atomic E-state index is 0.142. The standard InChI is InChI=1S/C24H20N2O4/c27-22-24(18-7-3-1-4-8-18,19-9-5-2-6-10-19)25-23(28)26(22)16-17-11-12-20-21(15-17)30-14-13-29-20/h1-12,15H,13-14,16H2,(H,25,28). The Balaban J connectivity index is 1.53. The number of ether oxygens (including phenoxy) is 2. The number of carbonyl (C=O) groups excluding carboxylic acids is 2. The molecule has 0 aromatic heterocycles. The van der Waals surface area contributed by atoms with E-state index in [2.05, 4.69) is 5.32 Å². The minimum atomic E-state index is -1.26. The smallest absolute Gasteiger partial charge is 0.325 e. The van der Waals surface area contributed by atoms with E-state index >= 15 is 0 Å². The molecule has 5 rings (SSSR count). The lowest BCUT2D eigenvalue weighted by atomic mass is 9.82. The Morgan fingerprint density at radius 2 is 1.40 bits per heavy atom. The third-order valence-electron chi connectivity index (χ3n) is 5.47. The van der Waals surface area contributed by atoms with Crippen LogP contribution < -0.4 is 14.8 Å². The zero-order valence-corrected chi connectivity index (χ0v) is 16.2. The molecule has 3 aromatic rings. The molecule has 150 valence electrons. The summed E-state index contributed by atoms with van der Waals surface area (Å²) >= 11 is 0. The number of hydrogen-bond acceptors (Lipinski definition) is 4. The summed E-state index contributed by atoms with van der Waals surface area (Å²) < 4.78 is 11.2. The second kappa shape index (κ2) is 7.22. The lowest BCUT2D eigenvalue weighted by Crippen LogP contribution is -2.45. The molecule has 0 aliphatic carbocycles. The van der Waals surface area contributed by atoms with Crippen molar-refractivity contribution in [3.63, 3.8) is 0 Å². The van der Waals surface area contributed by atoms with E-state index in [1.165, 1.54) is 4.90 Å². The minimum Gasteiger partial charge on any atom is -0.486 e. The average Bonchev–Trinajstić information content (AvgIpc) is 3.06. The highest BCUT2D eigenvalue weighted by Crippen LogP contribution is 2.37. The Bertz CT molecular complexity index is 1060. The molecule has 2 heterocycles. The lowest BCUT2D eigenvalue weighted by molar-refractivity contribution is -0.130. The van der Waals surface area contributed by atoms with Crippen molar-refractivity contribution < 1.29 is 19.1 Å². The Kier molecular flexibility index (Phi) is 4.39. The Hall–Kier alpha value is -3.80. The highest BCUT2D eigenvalue weighted by molar-refractivity contribution is 6.09. The predicted molar refractivity (Wildman–Crippen MR) is 110 cm³/mol. The number of hydrogen-bond donors (Lipinski definition) is 1. The Morgan fingerprint density at radius 1 is 0.800 bits per heavy atom. The molecule has 3 aromatic carbocycles. The second-order valence-electron chi connectivity index (χ2n) is 7.28. The molecule has 0 saturated carbocycles. The summed E-state index contributed by atoms with van der Waals surface area (Å²) in [6, 6.07) is 23.7. The van der Waals surface area contributed by atoms with Crippen molar-refractivity contribution in [3.8, 4) is 11.5 Å². The van der Waals surface area contributed by atoms with Gasteiger partial charge in [-0.25, -0.2) is 4.79 Å². The van der Waals surface area contributed by atoms with Crippen LogP contribution in [0.4, 0.5) is 4.79 Å². The predicted octanol–water partition coefficient (Wildman–Crippen LogP) is 3.45. The first-order valence-electron chi connectivity index (χ1n) is 9.82. The zero-order chi connectivity index (χ0) is 20.6. The molecule has 0 spiro atoms. The number of amides is 3. The molecule has 1 fully saturated rings. The fourth-order valence-corrected chi connectivity index (χ4v) is 4.02. The summed E-state index contributed by atoms with van der Waals surface area (Å²) in [5.41, 5.74) is 0.978. The van der Waals surface area contributed by atoms with E-state index in [9.17, 15) is 9.59 Å². The summed E-state index contributed by atoms with van der Waals surface area (Å²) in [5, 5.41) is 2.96. The van der Waals surface area contributed by atoms with Crippen LogP contribution in [0.3, 0.4) is 0 Å². The maximum Gasteiger partial charge on any atom is 0.325 e. The molecule has 0 radical (unpaired) electrons. The SMILES string of the molecule is O=C1NC(c2ccccc2)(c2ccccc2)C(=O)N1Cc1ccc2c(c1)OCCO2. The third-order valence-corrected chi connectivity index (χ3v) is 5.47. The van der Waals surface area contributed by atoms with Crippen molar-refractivity contribution in [1.82, 2.24) is 10.2 Å². The van der Waals surface area contributed by atoms with Gasteiger partial charge in [-0.15, -0.1) is 0 Å². The van der Waals surface area contributed by atoms with Crippen molar-refractivity contribution in [2.24, 2.45) is 0 Å². The molecular weight excluding hydrogens is 380 g/mol. The van der Waals surface area contributed by atoms with Gasteiger partial charge in [-0.3, -0.25) is 9.69 Å². The summed E-state index contributed by atoms with van der Waals surface area (Å²) in [7, 11) is 0. The Morgan fingerprint density at radius 3 is 2.03 bits per heavy atom. The zero-order valence-electron chi connectivity index (χ0n) is 16.2. The summed E-state index contributed by atoms with van der Waals surface area (Å²) in [5.74, 6) is 0.994. The number of fused-ring (bicyclic) bond motifs is 1.